The highest BCUT2D eigenvalue weighted by Crippen LogP contribution is 2.20. The molecule has 1 amide bonds. The zero-order valence-electron chi connectivity index (χ0n) is 20.2. The van der Waals surface area contributed by atoms with Crippen molar-refractivity contribution in [2.24, 2.45) is 0 Å². The lowest BCUT2D eigenvalue weighted by atomic mass is 10.00. The van der Waals surface area contributed by atoms with Gasteiger partial charge >= 0.3 is 0 Å². The van der Waals surface area contributed by atoms with Gasteiger partial charge < -0.3 is 20.2 Å². The van der Waals surface area contributed by atoms with E-state index in [-0.39, 0.29) is 18.5 Å². The van der Waals surface area contributed by atoms with Gasteiger partial charge in [-0.1, -0.05) is 37.3 Å². The lowest BCUT2D eigenvalue weighted by Gasteiger charge is -2.25. The van der Waals surface area contributed by atoms with Gasteiger partial charge in [0, 0.05) is 26.1 Å². The summed E-state index contributed by atoms with van der Waals surface area (Å²) in [5.41, 5.74) is 3.75. The number of aliphatic hydroxyl groups is 1. The highest BCUT2D eigenvalue weighted by molar-refractivity contribution is 6.04. The maximum atomic E-state index is 13.8. The number of para-hydroxylation sites is 1. The van der Waals surface area contributed by atoms with Gasteiger partial charge in [0.25, 0.3) is 5.91 Å². The number of fused-ring (bicyclic) bond motifs is 1. The fourth-order valence-electron chi connectivity index (χ4n) is 4.22. The van der Waals surface area contributed by atoms with Crippen molar-refractivity contribution >= 4 is 17.0 Å². The van der Waals surface area contributed by atoms with Crippen LogP contribution in [-0.2, 0) is 19.4 Å². The minimum absolute atomic E-state index is 0.0278. The Balaban J connectivity index is 1.51. The van der Waals surface area contributed by atoms with Crippen LogP contribution < -0.4 is 10.6 Å². The van der Waals surface area contributed by atoms with Crippen LogP contribution in [0.3, 0.4) is 0 Å². The molecule has 4 aromatic rings. The number of carbonyl (C=O) groups is 1. The average Bonchev–Trinajstić information content (AvgIpc) is 3.23. The molecular formula is C28H29F2N3O3. The van der Waals surface area contributed by atoms with Crippen molar-refractivity contribution in [2.75, 3.05) is 6.54 Å². The number of nitrogens with zero attached hydrogens (tertiary/aromatic N) is 1. The maximum absolute atomic E-state index is 13.8. The van der Waals surface area contributed by atoms with Crippen molar-refractivity contribution in [3.8, 4) is 0 Å². The molecule has 8 heteroatoms. The molecule has 3 aromatic carbocycles. The number of hydrogen-bond acceptors (Lipinski definition) is 5. The number of amides is 1. The molecule has 3 N–H and O–H groups in total. The van der Waals surface area contributed by atoms with Crippen LogP contribution in [0.15, 0.2) is 65.1 Å². The van der Waals surface area contributed by atoms with Crippen molar-refractivity contribution in [3.63, 3.8) is 0 Å². The molecule has 1 aromatic heterocycles. The van der Waals surface area contributed by atoms with Crippen LogP contribution in [0, 0.1) is 18.6 Å². The summed E-state index contributed by atoms with van der Waals surface area (Å²) >= 11 is 0. The predicted molar refractivity (Wildman–Crippen MR) is 134 cm³/mol. The minimum Gasteiger partial charge on any atom is -0.440 e. The lowest BCUT2D eigenvalue weighted by molar-refractivity contribution is 0.0830. The SMILES string of the molecule is CCc1cccc(CNC[C@@H](O)[C@H](Cc2cc(F)cc(F)c2)NC(=O)c2cccc3nc(C)oc23)c1. The molecule has 0 spiro atoms. The van der Waals surface area contributed by atoms with Gasteiger partial charge in [0.2, 0.25) is 0 Å². The molecule has 188 valence electrons. The van der Waals surface area contributed by atoms with Gasteiger partial charge in [-0.2, -0.15) is 0 Å². The average molecular weight is 494 g/mol. The molecule has 0 aliphatic carbocycles. The molecule has 1 heterocycles. The summed E-state index contributed by atoms with van der Waals surface area (Å²) in [6.45, 7) is 4.45. The van der Waals surface area contributed by atoms with E-state index in [1.165, 1.54) is 17.7 Å². The summed E-state index contributed by atoms with van der Waals surface area (Å²) in [7, 11) is 0. The van der Waals surface area contributed by atoms with Crippen LogP contribution in [0.2, 0.25) is 0 Å². The molecule has 0 saturated carbocycles. The van der Waals surface area contributed by atoms with Gasteiger partial charge in [-0.05, 0) is 53.8 Å². The van der Waals surface area contributed by atoms with E-state index in [4.69, 9.17) is 4.42 Å². The van der Waals surface area contributed by atoms with Crippen LogP contribution in [0.4, 0.5) is 8.78 Å². The highest BCUT2D eigenvalue weighted by atomic mass is 19.1. The Labute approximate surface area is 208 Å². The van der Waals surface area contributed by atoms with Crippen LogP contribution >= 0.6 is 0 Å². The standard InChI is InChI=1S/C28H29F2N3O3/c1-3-18-6-4-7-19(10-18)15-31-16-26(34)25(13-20-11-21(29)14-22(30)12-20)33-28(35)23-8-5-9-24-27(23)36-17(2)32-24/h4-12,14,25-26,31,34H,3,13,15-16H2,1-2H3,(H,33,35)/t25-,26+/m0/s1. The number of aromatic nitrogens is 1. The topological polar surface area (TPSA) is 87.4 Å². The van der Waals surface area contributed by atoms with Gasteiger partial charge in [0.1, 0.15) is 17.2 Å². The van der Waals surface area contributed by atoms with E-state index in [0.29, 0.717) is 29.1 Å². The molecule has 2 atom stereocenters. The van der Waals surface area contributed by atoms with E-state index in [9.17, 15) is 18.7 Å². The minimum atomic E-state index is -1.04. The molecule has 0 bridgehead atoms. The fraction of sp³-hybridized carbons (Fsp3) is 0.286. The van der Waals surface area contributed by atoms with Gasteiger partial charge in [-0.25, -0.2) is 13.8 Å². The number of benzene rings is 3. The molecule has 36 heavy (non-hydrogen) atoms. The molecule has 0 radical (unpaired) electrons. The summed E-state index contributed by atoms with van der Waals surface area (Å²) < 4.78 is 33.2. The van der Waals surface area contributed by atoms with Gasteiger partial charge in [-0.15, -0.1) is 0 Å². The Kier molecular flexibility index (Phi) is 8.07. The van der Waals surface area contributed by atoms with E-state index >= 15 is 0 Å². The van der Waals surface area contributed by atoms with Crippen molar-refractivity contribution < 1.29 is 23.1 Å². The summed E-state index contributed by atoms with van der Waals surface area (Å²) in [6, 6.07) is 15.5. The number of rotatable bonds is 10. The number of aliphatic hydroxyl groups excluding tert-OH is 1. The number of halogens is 2. The van der Waals surface area contributed by atoms with Crippen molar-refractivity contribution in [3.05, 3.63) is 100 Å². The number of hydrogen-bond donors (Lipinski definition) is 3. The highest BCUT2D eigenvalue weighted by Gasteiger charge is 2.24. The Morgan fingerprint density at radius 1 is 1.03 bits per heavy atom. The van der Waals surface area contributed by atoms with E-state index in [1.54, 1.807) is 25.1 Å². The second-order valence-electron chi connectivity index (χ2n) is 8.82. The summed E-state index contributed by atoms with van der Waals surface area (Å²) in [6.07, 6.45) is -0.0861. The first-order chi connectivity index (χ1) is 17.3. The molecular weight excluding hydrogens is 464 g/mol. The smallest absolute Gasteiger partial charge is 0.255 e. The number of nitrogens with one attached hydrogen (secondary N) is 2. The van der Waals surface area contributed by atoms with Gasteiger partial charge in [0.05, 0.1) is 17.7 Å². The van der Waals surface area contributed by atoms with Gasteiger partial charge in [-0.3, -0.25) is 4.79 Å². The van der Waals surface area contributed by atoms with E-state index < -0.39 is 29.7 Å². The largest absolute Gasteiger partial charge is 0.440 e. The first-order valence-corrected chi connectivity index (χ1v) is 11.9. The van der Waals surface area contributed by atoms with Crippen molar-refractivity contribution in [2.45, 2.75) is 45.4 Å². The third-order valence-electron chi connectivity index (χ3n) is 6.01. The van der Waals surface area contributed by atoms with Crippen molar-refractivity contribution in [1.82, 2.24) is 15.6 Å². The normalized spacial score (nSPS) is 13.0. The van der Waals surface area contributed by atoms with Crippen LogP contribution in [0.1, 0.15) is 39.9 Å². The van der Waals surface area contributed by atoms with Gasteiger partial charge in [0.15, 0.2) is 11.5 Å². The molecule has 0 aliphatic rings. The second-order valence-corrected chi connectivity index (χ2v) is 8.82. The molecule has 4 rings (SSSR count). The third-order valence-corrected chi connectivity index (χ3v) is 6.01. The Morgan fingerprint density at radius 3 is 2.50 bits per heavy atom. The zero-order chi connectivity index (χ0) is 25.7. The van der Waals surface area contributed by atoms with Crippen LogP contribution in [0.25, 0.3) is 11.1 Å². The first-order valence-electron chi connectivity index (χ1n) is 11.9. The zero-order valence-corrected chi connectivity index (χ0v) is 20.2. The summed E-state index contributed by atoms with van der Waals surface area (Å²) in [5, 5.41) is 17.0. The second kappa shape index (κ2) is 11.4. The Morgan fingerprint density at radius 2 is 1.75 bits per heavy atom. The quantitative estimate of drug-likeness (QED) is 0.304. The number of aryl methyl sites for hydroxylation is 2. The monoisotopic (exact) mass is 493 g/mol. The molecule has 0 saturated heterocycles. The van der Waals surface area contributed by atoms with E-state index in [2.05, 4.69) is 34.7 Å². The molecule has 6 nitrogen and oxygen atoms in total. The van der Waals surface area contributed by atoms with E-state index in [1.807, 2.05) is 12.1 Å². The van der Waals surface area contributed by atoms with Crippen LogP contribution in [0.5, 0.6) is 0 Å². The predicted octanol–water partition coefficient (Wildman–Crippen LogP) is 4.47. The number of carbonyl (C=O) groups excluding carboxylic acids is 1. The lowest BCUT2D eigenvalue weighted by Crippen LogP contribution is -2.48. The molecule has 0 fully saturated rings. The van der Waals surface area contributed by atoms with Crippen LogP contribution in [-0.4, -0.2) is 34.7 Å². The summed E-state index contributed by atoms with van der Waals surface area (Å²) in [4.78, 5) is 17.4. The molecule has 0 aliphatic heterocycles. The Bertz CT molecular complexity index is 1330. The third kappa shape index (κ3) is 6.33. The number of oxazole rings is 1. The maximum Gasteiger partial charge on any atom is 0.255 e. The molecule has 0 unspecified atom stereocenters. The first kappa shape index (κ1) is 25.5. The van der Waals surface area contributed by atoms with Crippen molar-refractivity contribution in [1.29, 1.82) is 0 Å². The van der Waals surface area contributed by atoms with E-state index in [0.717, 1.165) is 18.1 Å². The fourth-order valence-corrected chi connectivity index (χ4v) is 4.22. The summed E-state index contributed by atoms with van der Waals surface area (Å²) in [5.74, 6) is -1.50. The Hall–Kier alpha value is -3.62.